The van der Waals surface area contributed by atoms with Gasteiger partial charge in [0.2, 0.25) is 16.0 Å². The quantitative estimate of drug-likeness (QED) is 0.309. The van der Waals surface area contributed by atoms with E-state index in [9.17, 15) is 12.8 Å². The van der Waals surface area contributed by atoms with Crippen LogP contribution in [-0.2, 0) is 10.0 Å². The Morgan fingerprint density at radius 2 is 1.84 bits per heavy atom. The van der Waals surface area contributed by atoms with Crippen LogP contribution in [0.15, 0.2) is 58.4 Å². The van der Waals surface area contributed by atoms with Gasteiger partial charge in [-0.15, -0.1) is 10.2 Å². The highest BCUT2D eigenvalue weighted by Crippen LogP contribution is 2.37. The lowest BCUT2D eigenvalue weighted by atomic mass is 10.2. The highest BCUT2D eigenvalue weighted by Gasteiger charge is 2.29. The molecule has 3 rings (SSSR count). The summed E-state index contributed by atoms with van der Waals surface area (Å²) in [5.74, 6) is 0.437. The first-order chi connectivity index (χ1) is 17.6. The van der Waals surface area contributed by atoms with E-state index in [0.717, 1.165) is 11.9 Å². The molecule has 0 aliphatic rings. The van der Waals surface area contributed by atoms with E-state index < -0.39 is 21.1 Å². The monoisotopic (exact) mass is 529 g/mol. The number of aromatic nitrogens is 4. The lowest BCUT2D eigenvalue weighted by Crippen LogP contribution is -2.28. The predicted octanol–water partition coefficient (Wildman–Crippen LogP) is 4.11. The number of para-hydroxylation sites is 1. The molecule has 0 saturated carbocycles. The minimum atomic E-state index is -4.06. The molecular weight excluding hydrogens is 501 g/mol. The van der Waals surface area contributed by atoms with Crippen molar-refractivity contribution in [1.82, 2.24) is 19.7 Å². The minimum Gasteiger partial charge on any atom is -0.494 e. The molecule has 11 nitrogen and oxygen atoms in total. The van der Waals surface area contributed by atoms with Crippen LogP contribution in [0, 0.1) is 6.92 Å². The fourth-order valence-electron chi connectivity index (χ4n) is 3.36. The largest absolute Gasteiger partial charge is 0.494 e. The second kappa shape index (κ2) is 11.7. The number of rotatable bonds is 10. The molecule has 0 spiro atoms. The fraction of sp³-hybridized carbons (Fsp3) is 0.292. The summed E-state index contributed by atoms with van der Waals surface area (Å²) in [6.07, 6.45) is 0.823. The maximum Gasteiger partial charge on any atom is 0.243 e. The standard InChI is InChI=1S/C24H28FN7O4S/c1-15(25)14-27-21(26-4)13-17(3)37(33,34)31-24-30-29-23(18-10-7-9-16(2)28-18)32(24)22-19(35-5)11-8-12-20(22)36-6/h7-12,14,17H,4,13H2,1-3,5-6H3,(H,30,31)/b15-14+,27-21-/t17-/m0/s1. The lowest BCUT2D eigenvalue weighted by molar-refractivity contribution is 0.391. The number of ether oxygens (including phenoxy) is 2. The zero-order valence-electron chi connectivity index (χ0n) is 21.1. The summed E-state index contributed by atoms with van der Waals surface area (Å²) in [5.41, 5.74) is 1.56. The third kappa shape index (κ3) is 6.36. The smallest absolute Gasteiger partial charge is 0.243 e. The number of pyridine rings is 1. The molecule has 196 valence electrons. The SMILES string of the molecule is C=N/C(C[C@H](C)S(=O)(=O)Nc1nnc(-c2cccc(C)n2)n1-c1c(OC)cccc1OC)=N\C=C(/C)F. The van der Waals surface area contributed by atoms with Gasteiger partial charge in [-0.1, -0.05) is 12.1 Å². The second-order valence-corrected chi connectivity index (χ2v) is 10.0. The van der Waals surface area contributed by atoms with Crippen molar-refractivity contribution in [2.45, 2.75) is 32.4 Å². The molecule has 2 aromatic heterocycles. The van der Waals surface area contributed by atoms with Crippen molar-refractivity contribution < 1.29 is 22.3 Å². The molecule has 0 saturated heterocycles. The molecule has 1 N–H and O–H groups in total. The van der Waals surface area contributed by atoms with Crippen LogP contribution in [0.5, 0.6) is 11.5 Å². The highest BCUT2D eigenvalue weighted by atomic mass is 32.2. The van der Waals surface area contributed by atoms with Crippen molar-refractivity contribution in [2.75, 3.05) is 18.9 Å². The molecule has 0 amide bonds. The van der Waals surface area contributed by atoms with Gasteiger partial charge in [0, 0.05) is 12.1 Å². The number of allylic oxidation sites excluding steroid dienone is 1. The number of nitrogens with zero attached hydrogens (tertiary/aromatic N) is 6. The van der Waals surface area contributed by atoms with E-state index in [0.29, 0.717) is 22.9 Å². The van der Waals surface area contributed by atoms with E-state index in [2.05, 4.69) is 36.6 Å². The van der Waals surface area contributed by atoms with Crippen molar-refractivity contribution in [2.24, 2.45) is 9.98 Å². The Bertz CT molecular complexity index is 1420. The number of sulfonamides is 1. The van der Waals surface area contributed by atoms with Gasteiger partial charge >= 0.3 is 0 Å². The van der Waals surface area contributed by atoms with Gasteiger partial charge in [0.15, 0.2) is 5.82 Å². The van der Waals surface area contributed by atoms with Crippen molar-refractivity contribution >= 4 is 28.5 Å². The van der Waals surface area contributed by atoms with Crippen molar-refractivity contribution in [3.8, 4) is 28.7 Å². The lowest BCUT2D eigenvalue weighted by Gasteiger charge is -2.19. The van der Waals surface area contributed by atoms with E-state index in [1.165, 1.54) is 32.6 Å². The molecule has 3 aromatic rings. The minimum absolute atomic E-state index is 0.0624. The van der Waals surface area contributed by atoms with Gasteiger partial charge in [0.1, 0.15) is 34.5 Å². The first-order valence-corrected chi connectivity index (χ1v) is 12.6. The van der Waals surface area contributed by atoms with Crippen LogP contribution in [0.2, 0.25) is 0 Å². The summed E-state index contributed by atoms with van der Waals surface area (Å²) in [5, 5.41) is 7.33. The van der Waals surface area contributed by atoms with Gasteiger partial charge in [-0.05, 0) is 51.8 Å². The number of nitrogens with one attached hydrogen (secondary N) is 1. The van der Waals surface area contributed by atoms with Gasteiger partial charge in [-0.25, -0.2) is 27.8 Å². The topological polar surface area (TPSA) is 133 Å². The molecule has 0 aliphatic carbocycles. The highest BCUT2D eigenvalue weighted by molar-refractivity contribution is 7.93. The molecule has 0 aliphatic heterocycles. The molecule has 1 aromatic carbocycles. The zero-order chi connectivity index (χ0) is 27.2. The maximum absolute atomic E-state index is 13.3. The maximum atomic E-state index is 13.3. The number of anilines is 1. The van der Waals surface area contributed by atoms with E-state index in [1.54, 1.807) is 30.3 Å². The van der Waals surface area contributed by atoms with Crippen molar-refractivity contribution in [3.05, 3.63) is 54.1 Å². The van der Waals surface area contributed by atoms with Gasteiger partial charge in [-0.2, -0.15) is 0 Å². The van der Waals surface area contributed by atoms with E-state index >= 15 is 0 Å². The van der Waals surface area contributed by atoms with E-state index in [4.69, 9.17) is 9.47 Å². The number of aryl methyl sites for hydroxylation is 1. The fourth-order valence-corrected chi connectivity index (χ4v) is 4.32. The van der Waals surface area contributed by atoms with E-state index in [1.807, 2.05) is 13.0 Å². The number of benzene rings is 1. The average molecular weight is 530 g/mol. The summed E-state index contributed by atoms with van der Waals surface area (Å²) in [6.45, 7) is 7.88. The Hall–Kier alpha value is -4.13. The van der Waals surface area contributed by atoms with Crippen molar-refractivity contribution in [3.63, 3.8) is 0 Å². The average Bonchev–Trinajstić information content (AvgIpc) is 3.27. The summed E-state index contributed by atoms with van der Waals surface area (Å²) < 4.78 is 54.8. The Kier molecular flexibility index (Phi) is 8.71. The number of halogens is 1. The third-order valence-electron chi connectivity index (χ3n) is 5.21. The molecule has 37 heavy (non-hydrogen) atoms. The van der Waals surface area contributed by atoms with Crippen LogP contribution in [-0.4, -0.2) is 60.2 Å². The Balaban J connectivity index is 2.14. The molecule has 0 bridgehead atoms. The van der Waals surface area contributed by atoms with Crippen LogP contribution in [0.4, 0.5) is 10.3 Å². The molecule has 1 atom stereocenters. The summed E-state index contributed by atoms with van der Waals surface area (Å²) in [7, 11) is -1.10. The molecule has 2 heterocycles. The van der Waals surface area contributed by atoms with Crippen LogP contribution in [0.1, 0.15) is 26.0 Å². The second-order valence-electron chi connectivity index (χ2n) is 7.94. The molecule has 0 unspecified atom stereocenters. The van der Waals surface area contributed by atoms with Crippen LogP contribution in [0.25, 0.3) is 17.2 Å². The summed E-state index contributed by atoms with van der Waals surface area (Å²) in [4.78, 5) is 12.1. The molecular formula is C24H28FN7O4S. The van der Waals surface area contributed by atoms with Gasteiger partial charge < -0.3 is 9.47 Å². The summed E-state index contributed by atoms with van der Waals surface area (Å²) >= 11 is 0. The third-order valence-corrected chi connectivity index (χ3v) is 6.91. The number of methoxy groups -OCH3 is 2. The van der Waals surface area contributed by atoms with Crippen molar-refractivity contribution in [1.29, 1.82) is 0 Å². The number of hydrogen-bond acceptors (Lipinski definition) is 8. The Morgan fingerprint density at radius 3 is 2.41 bits per heavy atom. The molecule has 0 radical (unpaired) electrons. The number of hydrogen-bond donors (Lipinski definition) is 1. The number of aliphatic imine (C=N–C) groups is 2. The first-order valence-electron chi connectivity index (χ1n) is 11.1. The van der Waals surface area contributed by atoms with Crippen LogP contribution >= 0.6 is 0 Å². The summed E-state index contributed by atoms with van der Waals surface area (Å²) in [6, 6.07) is 10.5. The Labute approximate surface area is 214 Å². The van der Waals surface area contributed by atoms with Crippen LogP contribution in [0.3, 0.4) is 0 Å². The molecule has 0 fully saturated rings. The predicted molar refractivity (Wildman–Crippen MR) is 141 cm³/mol. The Morgan fingerprint density at radius 1 is 1.19 bits per heavy atom. The van der Waals surface area contributed by atoms with E-state index in [-0.39, 0.29) is 24.0 Å². The van der Waals surface area contributed by atoms with Crippen LogP contribution < -0.4 is 14.2 Å². The number of amidine groups is 1. The molecule has 13 heteroatoms. The normalized spacial score (nSPS) is 13.2. The first kappa shape index (κ1) is 27.5. The van der Waals surface area contributed by atoms with Gasteiger partial charge in [-0.3, -0.25) is 9.29 Å². The van der Waals surface area contributed by atoms with Gasteiger partial charge in [0.25, 0.3) is 0 Å². The zero-order valence-corrected chi connectivity index (χ0v) is 22.0. The van der Waals surface area contributed by atoms with Gasteiger partial charge in [0.05, 0.1) is 25.7 Å².